The molecule has 0 aliphatic carbocycles. The average molecular weight is 374 g/mol. The lowest BCUT2D eigenvalue weighted by Gasteiger charge is -2.18. The van der Waals surface area contributed by atoms with Gasteiger partial charge in [-0.05, 0) is 13.8 Å². The molecule has 0 amide bonds. The van der Waals surface area contributed by atoms with Gasteiger partial charge < -0.3 is 29.4 Å². The lowest BCUT2D eigenvalue weighted by Crippen LogP contribution is -2.21. The van der Waals surface area contributed by atoms with E-state index < -0.39 is 42.3 Å². The van der Waals surface area contributed by atoms with E-state index in [-0.39, 0.29) is 6.61 Å². The van der Waals surface area contributed by atoms with E-state index in [1.807, 2.05) is 0 Å². The van der Waals surface area contributed by atoms with Crippen molar-refractivity contribution in [2.24, 2.45) is 0 Å². The lowest BCUT2D eigenvalue weighted by molar-refractivity contribution is -0.0174. The molecule has 0 spiro atoms. The predicted molar refractivity (Wildman–Crippen MR) is 66.9 cm³/mol. The van der Waals surface area contributed by atoms with Crippen LogP contribution in [-0.4, -0.2) is 50.1 Å². The van der Waals surface area contributed by atoms with Crippen molar-refractivity contribution < 1.29 is 56.3 Å². The van der Waals surface area contributed by atoms with E-state index in [0.717, 1.165) is 0 Å². The molecule has 0 aromatic heterocycles. The number of rotatable bonds is 10. The summed E-state index contributed by atoms with van der Waals surface area (Å²) >= 11 is 0. The van der Waals surface area contributed by atoms with Gasteiger partial charge in [-0.15, -0.1) is 0 Å². The number of aliphatic hydroxyl groups excluding tert-OH is 1. The normalized spacial score (nSPS) is 21.3. The molecule has 0 radical (unpaired) electrons. The van der Waals surface area contributed by atoms with Crippen LogP contribution in [0.15, 0.2) is 0 Å². The molecule has 12 nitrogen and oxygen atoms in total. The maximum absolute atomic E-state index is 11.3. The molecule has 0 saturated carbocycles. The van der Waals surface area contributed by atoms with E-state index in [9.17, 15) is 13.7 Å². The fourth-order valence-corrected chi connectivity index (χ4v) is 3.95. The largest absolute Gasteiger partial charge is 0.490 e. The summed E-state index contributed by atoms with van der Waals surface area (Å²) in [5, 5.41) is 8.94. The Hall–Kier alpha value is 0.330. The van der Waals surface area contributed by atoms with Crippen molar-refractivity contribution in [2.45, 2.75) is 26.1 Å². The van der Waals surface area contributed by atoms with Gasteiger partial charge in [-0.2, -0.15) is 8.62 Å². The number of hydrogen-bond donors (Lipinski definition) is 5. The number of aliphatic hydroxyl groups is 1. The van der Waals surface area contributed by atoms with Crippen LogP contribution in [0.5, 0.6) is 0 Å². The maximum atomic E-state index is 11.3. The predicted octanol–water partition coefficient (Wildman–Crippen LogP) is 0.116. The first-order chi connectivity index (χ1) is 9.22. The second-order valence-corrected chi connectivity index (χ2v) is 8.30. The Bertz CT molecular complexity index is 456. The van der Waals surface area contributed by atoms with Gasteiger partial charge in [0.25, 0.3) is 0 Å². The monoisotopic (exact) mass is 374 g/mol. The molecule has 4 unspecified atom stereocenters. The van der Waals surface area contributed by atoms with Gasteiger partial charge in [-0.1, -0.05) is 0 Å². The molecule has 0 aromatic carbocycles. The van der Waals surface area contributed by atoms with Gasteiger partial charge in [0.15, 0.2) is 0 Å². The van der Waals surface area contributed by atoms with Crippen molar-refractivity contribution in [2.75, 3.05) is 13.2 Å². The highest BCUT2D eigenvalue weighted by Crippen LogP contribution is 2.66. The average Bonchev–Trinajstić information content (AvgIpc) is 2.18. The highest BCUT2D eigenvalue weighted by molar-refractivity contribution is 7.66. The Labute approximate surface area is 120 Å². The molecule has 0 heterocycles. The maximum Gasteiger partial charge on any atom is 0.490 e. The summed E-state index contributed by atoms with van der Waals surface area (Å²) in [6.45, 7) is 2.21. The van der Waals surface area contributed by atoms with E-state index in [0.29, 0.717) is 0 Å². The number of phosphoric acid groups is 3. The van der Waals surface area contributed by atoms with Crippen LogP contribution in [0.25, 0.3) is 0 Å². The lowest BCUT2D eigenvalue weighted by atomic mass is 10.4. The number of phosphoric ester groups is 1. The highest BCUT2D eigenvalue weighted by atomic mass is 31.3. The first kappa shape index (κ1) is 21.3. The van der Waals surface area contributed by atoms with Crippen molar-refractivity contribution >= 4 is 23.5 Å². The van der Waals surface area contributed by atoms with Crippen LogP contribution in [0.3, 0.4) is 0 Å². The Morgan fingerprint density at radius 3 is 1.86 bits per heavy atom. The zero-order chi connectivity index (χ0) is 16.9. The summed E-state index contributed by atoms with van der Waals surface area (Å²) in [5.41, 5.74) is 0. The van der Waals surface area contributed by atoms with Crippen LogP contribution in [0.1, 0.15) is 13.8 Å². The molecule has 0 bridgehead atoms. The molecule has 0 aliphatic heterocycles. The van der Waals surface area contributed by atoms with Gasteiger partial charge in [0.1, 0.15) is 0 Å². The molecule has 15 heteroatoms. The third kappa shape index (κ3) is 12.5. The molecule has 0 aromatic rings. The first-order valence-electron chi connectivity index (χ1n) is 5.30. The Morgan fingerprint density at radius 1 is 0.905 bits per heavy atom. The summed E-state index contributed by atoms with van der Waals surface area (Å²) < 4.78 is 48.9. The Balaban J connectivity index is 4.40. The number of ether oxygens (including phenoxy) is 1. The fraction of sp³-hybridized carbons (Fsp3) is 1.00. The first-order valence-corrected chi connectivity index (χ1v) is 9.82. The van der Waals surface area contributed by atoms with Crippen molar-refractivity contribution in [3.05, 3.63) is 0 Å². The van der Waals surface area contributed by atoms with Gasteiger partial charge in [-0.25, -0.2) is 13.7 Å². The van der Waals surface area contributed by atoms with Crippen LogP contribution in [0, 0.1) is 0 Å². The smallest absolute Gasteiger partial charge is 0.391 e. The Morgan fingerprint density at radius 2 is 1.43 bits per heavy atom. The van der Waals surface area contributed by atoms with Crippen molar-refractivity contribution in [1.82, 2.24) is 0 Å². The molecular formula is C6H17O12P3. The van der Waals surface area contributed by atoms with Crippen molar-refractivity contribution in [3.8, 4) is 0 Å². The minimum atomic E-state index is -5.51. The summed E-state index contributed by atoms with van der Waals surface area (Å²) in [4.78, 5) is 34.6. The molecule has 4 atom stereocenters. The van der Waals surface area contributed by atoms with E-state index >= 15 is 0 Å². The molecule has 0 fully saturated rings. The van der Waals surface area contributed by atoms with Crippen molar-refractivity contribution in [3.63, 3.8) is 0 Å². The van der Waals surface area contributed by atoms with Gasteiger partial charge in [0.05, 0.1) is 25.4 Å². The van der Waals surface area contributed by atoms with E-state index in [1.54, 1.807) is 0 Å². The van der Waals surface area contributed by atoms with Crippen molar-refractivity contribution in [1.29, 1.82) is 0 Å². The zero-order valence-electron chi connectivity index (χ0n) is 11.0. The summed E-state index contributed by atoms with van der Waals surface area (Å²) in [5.74, 6) is 0. The zero-order valence-corrected chi connectivity index (χ0v) is 13.7. The van der Waals surface area contributed by atoms with Crippen LogP contribution in [0.4, 0.5) is 0 Å². The quantitative estimate of drug-likeness (QED) is 0.325. The molecule has 0 rings (SSSR count). The van der Waals surface area contributed by atoms with Crippen LogP contribution in [-0.2, 0) is 31.6 Å². The van der Waals surface area contributed by atoms with Gasteiger partial charge in [0.2, 0.25) is 0 Å². The van der Waals surface area contributed by atoms with E-state index in [1.165, 1.54) is 13.8 Å². The molecular weight excluding hydrogens is 357 g/mol. The molecule has 0 aliphatic rings. The van der Waals surface area contributed by atoms with Gasteiger partial charge in [0, 0.05) is 0 Å². The van der Waals surface area contributed by atoms with Crippen LogP contribution >= 0.6 is 23.5 Å². The van der Waals surface area contributed by atoms with E-state index in [2.05, 4.69) is 13.1 Å². The third-order valence-corrected chi connectivity index (χ3v) is 5.31. The second kappa shape index (κ2) is 8.26. The molecule has 0 saturated heterocycles. The standard InChI is InChI=1S/C6H17O12P3/c1-5(7)3-15-6(2)4-16-20(11,12)18-21(13,14)17-19(8,9)10/h5-7H,3-4H2,1-2H3,(H,11,12)(H,13,14)(H2,8,9,10). The van der Waals surface area contributed by atoms with E-state index in [4.69, 9.17) is 29.4 Å². The molecule has 21 heavy (non-hydrogen) atoms. The highest BCUT2D eigenvalue weighted by Gasteiger charge is 2.40. The third-order valence-electron chi connectivity index (χ3n) is 1.51. The minimum Gasteiger partial charge on any atom is -0.391 e. The van der Waals surface area contributed by atoms with Gasteiger partial charge in [-0.3, -0.25) is 4.52 Å². The Kier molecular flexibility index (Phi) is 8.39. The van der Waals surface area contributed by atoms with Gasteiger partial charge >= 0.3 is 23.5 Å². The molecule has 128 valence electrons. The summed E-state index contributed by atoms with van der Waals surface area (Å²) in [6, 6.07) is 0. The number of hydrogen-bond acceptors (Lipinski definition) is 8. The molecule has 5 N–H and O–H groups in total. The fourth-order valence-electron chi connectivity index (χ4n) is 0.854. The topological polar surface area (TPSA) is 189 Å². The summed E-state index contributed by atoms with van der Waals surface area (Å²) in [7, 11) is -16.0. The van der Waals surface area contributed by atoms with Crippen LogP contribution in [0.2, 0.25) is 0 Å². The summed E-state index contributed by atoms with van der Waals surface area (Å²) in [6.07, 6.45) is -1.55. The SMILES string of the molecule is CC(O)COC(C)COP(=O)(O)OP(=O)(O)OP(=O)(O)O. The second-order valence-electron chi connectivity index (χ2n) is 3.88. The van der Waals surface area contributed by atoms with Crippen LogP contribution < -0.4 is 0 Å². The minimum absolute atomic E-state index is 0.0824.